The molecule has 5 heteroatoms. The van der Waals surface area contributed by atoms with Gasteiger partial charge in [-0.1, -0.05) is 31.0 Å². The third-order valence-corrected chi connectivity index (χ3v) is 4.63. The second-order valence-electron chi connectivity index (χ2n) is 6.05. The number of ketones is 1. The number of carbonyl (C=O) groups is 2. The van der Waals surface area contributed by atoms with Crippen molar-refractivity contribution >= 4 is 11.7 Å². The number of halogens is 1. The first kappa shape index (κ1) is 14.8. The number of amides is 1. The van der Waals surface area contributed by atoms with E-state index in [0.717, 1.165) is 12.8 Å². The monoisotopic (exact) mass is 302 g/mol. The van der Waals surface area contributed by atoms with Gasteiger partial charge in [-0.15, -0.1) is 0 Å². The third kappa shape index (κ3) is 2.40. The summed E-state index contributed by atoms with van der Waals surface area (Å²) in [6.07, 6.45) is 4.49. The van der Waals surface area contributed by atoms with Crippen molar-refractivity contribution in [2.24, 2.45) is 5.41 Å². The maximum atomic E-state index is 13.8. The van der Waals surface area contributed by atoms with Gasteiger partial charge in [0.2, 0.25) is 5.91 Å². The molecular weight excluding hydrogens is 283 g/mol. The van der Waals surface area contributed by atoms with E-state index in [-0.39, 0.29) is 23.5 Å². The van der Waals surface area contributed by atoms with Gasteiger partial charge >= 0.3 is 0 Å². The highest BCUT2D eigenvalue weighted by atomic mass is 19.1. The van der Waals surface area contributed by atoms with Gasteiger partial charge in [-0.05, 0) is 25.8 Å². The number of rotatable bonds is 3. The van der Waals surface area contributed by atoms with Crippen LogP contribution in [0.1, 0.15) is 44.2 Å². The molecule has 1 unspecified atom stereocenters. The molecule has 1 aromatic rings. The predicted octanol–water partition coefficient (Wildman–Crippen LogP) is 2.58. The lowest BCUT2D eigenvalue weighted by Gasteiger charge is -2.31. The summed E-state index contributed by atoms with van der Waals surface area (Å²) in [7, 11) is 0. The van der Waals surface area contributed by atoms with E-state index in [0.29, 0.717) is 24.2 Å². The van der Waals surface area contributed by atoms with Crippen LogP contribution in [0.3, 0.4) is 0 Å². The highest BCUT2D eigenvalue weighted by Crippen LogP contribution is 2.41. The Bertz CT molecular complexity index is 648. The molecule has 1 saturated carbocycles. The fraction of sp³-hybridized carbons (Fsp3) is 0.412. The second kappa shape index (κ2) is 5.55. The van der Waals surface area contributed by atoms with Crippen LogP contribution in [0.15, 0.2) is 36.2 Å². The van der Waals surface area contributed by atoms with Crippen LogP contribution in [0.2, 0.25) is 0 Å². The lowest BCUT2D eigenvalue weighted by Crippen LogP contribution is -2.50. The van der Waals surface area contributed by atoms with Crippen LogP contribution < -0.4 is 10.6 Å². The van der Waals surface area contributed by atoms with Crippen molar-refractivity contribution in [1.82, 2.24) is 10.6 Å². The maximum Gasteiger partial charge on any atom is 0.239 e. The highest BCUT2D eigenvalue weighted by Gasteiger charge is 2.49. The van der Waals surface area contributed by atoms with Crippen molar-refractivity contribution < 1.29 is 14.0 Å². The molecule has 1 fully saturated rings. The van der Waals surface area contributed by atoms with E-state index in [1.165, 1.54) is 12.1 Å². The summed E-state index contributed by atoms with van der Waals surface area (Å²) in [5.74, 6) is -0.343. The third-order valence-electron chi connectivity index (χ3n) is 4.63. The quantitative estimate of drug-likeness (QED) is 0.844. The van der Waals surface area contributed by atoms with Crippen molar-refractivity contribution in [3.05, 3.63) is 47.5 Å². The first-order valence-corrected chi connectivity index (χ1v) is 7.61. The van der Waals surface area contributed by atoms with Crippen molar-refractivity contribution in [3.63, 3.8) is 0 Å². The van der Waals surface area contributed by atoms with Crippen LogP contribution in [0, 0.1) is 11.2 Å². The van der Waals surface area contributed by atoms with E-state index in [1.807, 2.05) is 0 Å². The van der Waals surface area contributed by atoms with Gasteiger partial charge in [0.1, 0.15) is 17.1 Å². The van der Waals surface area contributed by atoms with E-state index in [1.54, 1.807) is 25.1 Å². The minimum atomic E-state index is -0.869. The minimum Gasteiger partial charge on any atom is -0.365 e. The van der Waals surface area contributed by atoms with Crippen LogP contribution >= 0.6 is 0 Å². The van der Waals surface area contributed by atoms with E-state index >= 15 is 0 Å². The molecule has 1 heterocycles. The second-order valence-corrected chi connectivity index (χ2v) is 6.05. The first-order valence-electron chi connectivity index (χ1n) is 7.61. The van der Waals surface area contributed by atoms with Gasteiger partial charge in [0.05, 0.1) is 6.04 Å². The summed E-state index contributed by atoms with van der Waals surface area (Å²) < 4.78 is 13.8. The molecule has 2 N–H and O–H groups in total. The molecule has 0 bridgehead atoms. The fourth-order valence-corrected chi connectivity index (χ4v) is 3.33. The van der Waals surface area contributed by atoms with Gasteiger partial charge in [-0.2, -0.15) is 0 Å². The standard InChI is InChI=1S/C17H19FN2O2/c1-11(12-6-2-3-7-13(12)18)19-15-10-14(21)17(16(22)20-15)8-4-5-9-17/h2-3,6-7,10-11,19H,4-5,8-9H2,1H3,(H,20,22). The van der Waals surface area contributed by atoms with Crippen molar-refractivity contribution in [3.8, 4) is 0 Å². The SMILES string of the molecule is CC(NC1=CC(=O)C2(CCCC2)C(=O)N1)c1ccccc1F. The van der Waals surface area contributed by atoms with E-state index in [4.69, 9.17) is 0 Å². The van der Waals surface area contributed by atoms with E-state index in [2.05, 4.69) is 10.6 Å². The molecule has 1 aromatic carbocycles. The average Bonchev–Trinajstić information content (AvgIpc) is 2.96. The average molecular weight is 302 g/mol. The van der Waals surface area contributed by atoms with Crippen LogP contribution in [0.25, 0.3) is 0 Å². The molecule has 1 amide bonds. The van der Waals surface area contributed by atoms with Gasteiger partial charge in [0.25, 0.3) is 0 Å². The number of hydrogen-bond acceptors (Lipinski definition) is 3. The van der Waals surface area contributed by atoms with E-state index < -0.39 is 5.41 Å². The number of carbonyl (C=O) groups excluding carboxylic acids is 2. The Morgan fingerprint density at radius 2 is 1.91 bits per heavy atom. The van der Waals surface area contributed by atoms with Crippen molar-refractivity contribution in [1.29, 1.82) is 0 Å². The number of hydrogen-bond donors (Lipinski definition) is 2. The molecule has 1 aliphatic carbocycles. The Labute approximate surface area is 128 Å². The topological polar surface area (TPSA) is 58.2 Å². The molecule has 3 rings (SSSR count). The lowest BCUT2D eigenvalue weighted by molar-refractivity contribution is -0.140. The summed E-state index contributed by atoms with van der Waals surface area (Å²) >= 11 is 0. The smallest absolute Gasteiger partial charge is 0.239 e. The summed E-state index contributed by atoms with van der Waals surface area (Å²) in [5.41, 5.74) is -0.377. The van der Waals surface area contributed by atoms with Gasteiger partial charge in [-0.25, -0.2) is 4.39 Å². The zero-order chi connectivity index (χ0) is 15.7. The van der Waals surface area contributed by atoms with Crippen LogP contribution in [-0.4, -0.2) is 11.7 Å². The van der Waals surface area contributed by atoms with Crippen LogP contribution in [0.5, 0.6) is 0 Å². The Kier molecular flexibility index (Phi) is 3.72. The number of benzene rings is 1. The number of allylic oxidation sites excluding steroid dienone is 1. The largest absolute Gasteiger partial charge is 0.365 e. The molecule has 0 saturated heterocycles. The molecule has 1 atom stereocenters. The Balaban J connectivity index is 1.78. The van der Waals surface area contributed by atoms with Crippen molar-refractivity contribution in [2.75, 3.05) is 0 Å². The summed E-state index contributed by atoms with van der Waals surface area (Å²) in [6.45, 7) is 1.79. The summed E-state index contributed by atoms with van der Waals surface area (Å²) in [5, 5.41) is 5.78. The molecular formula is C17H19FN2O2. The lowest BCUT2D eigenvalue weighted by atomic mass is 9.79. The predicted molar refractivity (Wildman–Crippen MR) is 80.1 cm³/mol. The fourth-order valence-electron chi connectivity index (χ4n) is 3.33. The van der Waals surface area contributed by atoms with Gasteiger partial charge in [0.15, 0.2) is 5.78 Å². The molecule has 0 radical (unpaired) electrons. The molecule has 116 valence electrons. The zero-order valence-corrected chi connectivity index (χ0v) is 12.5. The van der Waals surface area contributed by atoms with Gasteiger partial charge < -0.3 is 10.6 Å². The van der Waals surface area contributed by atoms with Crippen LogP contribution in [-0.2, 0) is 9.59 Å². The Morgan fingerprint density at radius 3 is 2.55 bits per heavy atom. The summed E-state index contributed by atoms with van der Waals surface area (Å²) in [6, 6.07) is 6.10. The zero-order valence-electron chi connectivity index (χ0n) is 12.5. The highest BCUT2D eigenvalue weighted by molar-refractivity contribution is 6.14. The molecule has 1 spiro atoms. The Morgan fingerprint density at radius 1 is 1.23 bits per heavy atom. The first-order chi connectivity index (χ1) is 10.5. The van der Waals surface area contributed by atoms with E-state index in [9.17, 15) is 14.0 Å². The molecule has 4 nitrogen and oxygen atoms in total. The molecule has 22 heavy (non-hydrogen) atoms. The molecule has 0 aromatic heterocycles. The maximum absolute atomic E-state index is 13.8. The minimum absolute atomic E-state index is 0.142. The molecule has 1 aliphatic heterocycles. The van der Waals surface area contributed by atoms with Crippen molar-refractivity contribution in [2.45, 2.75) is 38.6 Å². The molecule has 2 aliphatic rings. The number of nitrogens with one attached hydrogen (secondary N) is 2. The van der Waals surface area contributed by atoms with Gasteiger partial charge in [-0.3, -0.25) is 9.59 Å². The van der Waals surface area contributed by atoms with Crippen LogP contribution in [0.4, 0.5) is 4.39 Å². The summed E-state index contributed by atoms with van der Waals surface area (Å²) in [4.78, 5) is 24.7. The Hall–Kier alpha value is -2.17. The normalized spacial score (nSPS) is 21.5. The van der Waals surface area contributed by atoms with Gasteiger partial charge in [0, 0.05) is 11.6 Å².